The van der Waals surface area contributed by atoms with E-state index >= 15 is 0 Å². The first kappa shape index (κ1) is 15.8. The van der Waals surface area contributed by atoms with Gasteiger partial charge in [0.25, 0.3) is 0 Å². The summed E-state index contributed by atoms with van der Waals surface area (Å²) in [6.07, 6.45) is 10.2. The van der Waals surface area contributed by atoms with E-state index in [-0.39, 0.29) is 22.9 Å². The van der Waals surface area contributed by atoms with Crippen LogP contribution in [0, 0.1) is 33.5 Å². The minimum Gasteiger partial charge on any atom is -0.395 e. The predicted octanol–water partition coefficient (Wildman–Crippen LogP) is 3.53. The molecule has 0 amide bonds. The number of carbonyl (C=O) groups is 2. The van der Waals surface area contributed by atoms with E-state index in [0.717, 1.165) is 44.9 Å². The average molecular weight is 318 g/mol. The van der Waals surface area contributed by atoms with Gasteiger partial charge in [0.2, 0.25) is 0 Å². The van der Waals surface area contributed by atoms with Crippen LogP contribution in [0.4, 0.5) is 0 Å². The first-order valence-electron chi connectivity index (χ1n) is 9.45. The Labute approximate surface area is 139 Å². The number of Topliss-reactive ketones (excluding diaryl/α,β-unsaturated/α-hetero) is 1. The van der Waals surface area contributed by atoms with Gasteiger partial charge in [0.15, 0.2) is 0 Å². The molecule has 1 spiro atoms. The van der Waals surface area contributed by atoms with Crippen LogP contribution in [0.5, 0.6) is 0 Å². The Balaban J connectivity index is 1.74. The van der Waals surface area contributed by atoms with Crippen molar-refractivity contribution in [1.29, 1.82) is 0 Å². The molecular weight excluding hydrogens is 288 g/mol. The van der Waals surface area contributed by atoms with Gasteiger partial charge in [-0.3, -0.25) is 4.79 Å². The molecule has 0 heterocycles. The average Bonchev–Trinajstić information content (AvgIpc) is 2.73. The lowest BCUT2D eigenvalue weighted by Gasteiger charge is -2.63. The van der Waals surface area contributed by atoms with E-state index in [1.54, 1.807) is 0 Å². The first-order valence-corrected chi connectivity index (χ1v) is 9.45. The molecule has 0 saturated heterocycles. The Morgan fingerprint density at radius 1 is 1.13 bits per heavy atom. The number of fused-ring (bicyclic) bond motifs is 3. The number of ketones is 1. The quantitative estimate of drug-likeness (QED) is 0.792. The molecule has 128 valence electrons. The van der Waals surface area contributed by atoms with E-state index in [1.165, 1.54) is 12.7 Å². The third kappa shape index (κ3) is 1.80. The zero-order valence-corrected chi connectivity index (χ0v) is 14.6. The lowest BCUT2D eigenvalue weighted by Crippen LogP contribution is -2.57. The topological polar surface area (TPSA) is 54.4 Å². The number of hydrogen-bond acceptors (Lipinski definition) is 3. The van der Waals surface area contributed by atoms with Crippen LogP contribution in [0.2, 0.25) is 0 Å². The van der Waals surface area contributed by atoms with Crippen molar-refractivity contribution >= 4 is 12.1 Å². The van der Waals surface area contributed by atoms with E-state index in [4.69, 9.17) is 0 Å². The summed E-state index contributed by atoms with van der Waals surface area (Å²) in [5.41, 5.74) is -0.298. The standard InChI is InChI=1S/C20H30O3/c1-17(12-21)6-3-7-18(2)14(17)4-8-19-10-16(23)20(11-19,13-22)9-5-15(18)19/h12,14-15,22H,3-11,13H2,1-2H3/t14-,15+,17+,18-,19+,20+/m1/s1. The molecule has 4 fully saturated rings. The van der Waals surface area contributed by atoms with Crippen molar-refractivity contribution in [3.8, 4) is 0 Å². The van der Waals surface area contributed by atoms with E-state index in [9.17, 15) is 14.7 Å². The monoisotopic (exact) mass is 318 g/mol. The highest BCUT2D eigenvalue weighted by Crippen LogP contribution is 2.72. The summed E-state index contributed by atoms with van der Waals surface area (Å²) < 4.78 is 0. The van der Waals surface area contributed by atoms with Gasteiger partial charge in [-0.2, -0.15) is 0 Å². The number of aliphatic hydroxyl groups excluding tert-OH is 1. The minimum atomic E-state index is -0.428. The molecule has 4 aliphatic rings. The molecule has 0 aliphatic heterocycles. The lowest BCUT2D eigenvalue weighted by atomic mass is 9.40. The summed E-state index contributed by atoms with van der Waals surface area (Å²) in [6, 6.07) is 0. The first-order chi connectivity index (χ1) is 10.8. The Morgan fingerprint density at radius 3 is 2.57 bits per heavy atom. The van der Waals surface area contributed by atoms with Crippen LogP contribution < -0.4 is 0 Å². The van der Waals surface area contributed by atoms with Crippen molar-refractivity contribution < 1.29 is 14.7 Å². The molecule has 23 heavy (non-hydrogen) atoms. The molecule has 0 unspecified atom stereocenters. The van der Waals surface area contributed by atoms with E-state index in [0.29, 0.717) is 24.0 Å². The molecule has 4 aliphatic carbocycles. The normalized spacial score (nSPS) is 55.2. The molecule has 3 nitrogen and oxygen atoms in total. The van der Waals surface area contributed by atoms with Crippen molar-refractivity contribution in [2.75, 3.05) is 6.61 Å². The summed E-state index contributed by atoms with van der Waals surface area (Å²) in [5.74, 6) is 1.34. The van der Waals surface area contributed by atoms with Gasteiger partial charge in [-0.05, 0) is 67.6 Å². The fraction of sp³-hybridized carbons (Fsp3) is 0.900. The number of rotatable bonds is 2. The Hall–Kier alpha value is -0.700. The molecule has 0 aromatic heterocycles. The Kier molecular flexibility index (Phi) is 3.22. The maximum absolute atomic E-state index is 12.7. The summed E-state index contributed by atoms with van der Waals surface area (Å²) in [7, 11) is 0. The van der Waals surface area contributed by atoms with Crippen LogP contribution >= 0.6 is 0 Å². The largest absolute Gasteiger partial charge is 0.395 e. The van der Waals surface area contributed by atoms with Crippen LogP contribution in [0.1, 0.15) is 71.6 Å². The van der Waals surface area contributed by atoms with Crippen molar-refractivity contribution in [3.63, 3.8) is 0 Å². The highest BCUT2D eigenvalue weighted by molar-refractivity contribution is 5.88. The summed E-state index contributed by atoms with van der Waals surface area (Å²) in [4.78, 5) is 24.5. The molecule has 0 aromatic carbocycles. The van der Waals surface area contributed by atoms with Gasteiger partial charge in [-0.25, -0.2) is 0 Å². The molecule has 4 saturated carbocycles. The smallest absolute Gasteiger partial charge is 0.141 e. The maximum Gasteiger partial charge on any atom is 0.141 e. The Bertz CT molecular complexity index is 557. The van der Waals surface area contributed by atoms with Gasteiger partial charge < -0.3 is 9.90 Å². The van der Waals surface area contributed by atoms with Gasteiger partial charge in [-0.1, -0.05) is 20.3 Å². The number of aldehydes is 1. The van der Waals surface area contributed by atoms with Crippen LogP contribution in [-0.2, 0) is 9.59 Å². The number of hydrogen-bond donors (Lipinski definition) is 1. The number of carbonyl (C=O) groups excluding carboxylic acids is 2. The zero-order chi connectivity index (χ0) is 16.5. The Morgan fingerprint density at radius 2 is 1.87 bits per heavy atom. The fourth-order valence-electron chi connectivity index (χ4n) is 7.75. The SMILES string of the molecule is C[C@@]12CCC[C@@](C)(C=O)[C@H]1CC[C@@]13CC(=O)[C@@](CO)(CC[C@H]12)C3. The van der Waals surface area contributed by atoms with Gasteiger partial charge in [0, 0.05) is 11.8 Å². The lowest BCUT2D eigenvalue weighted by molar-refractivity contribution is -0.162. The fourth-order valence-corrected chi connectivity index (χ4v) is 7.75. The van der Waals surface area contributed by atoms with Gasteiger partial charge in [-0.15, -0.1) is 0 Å². The third-order valence-electron chi connectivity index (χ3n) is 8.77. The van der Waals surface area contributed by atoms with Gasteiger partial charge in [0.05, 0.1) is 12.0 Å². The van der Waals surface area contributed by atoms with Gasteiger partial charge >= 0.3 is 0 Å². The third-order valence-corrected chi connectivity index (χ3v) is 8.77. The van der Waals surface area contributed by atoms with Crippen LogP contribution in [0.25, 0.3) is 0 Å². The van der Waals surface area contributed by atoms with E-state index in [1.807, 2.05) is 0 Å². The summed E-state index contributed by atoms with van der Waals surface area (Å²) >= 11 is 0. The van der Waals surface area contributed by atoms with E-state index in [2.05, 4.69) is 13.8 Å². The van der Waals surface area contributed by atoms with E-state index < -0.39 is 5.41 Å². The summed E-state index contributed by atoms with van der Waals surface area (Å²) in [5, 5.41) is 9.88. The highest BCUT2D eigenvalue weighted by atomic mass is 16.3. The van der Waals surface area contributed by atoms with Crippen LogP contribution in [0.3, 0.4) is 0 Å². The second-order valence-corrected chi connectivity index (χ2v) is 9.74. The van der Waals surface area contributed by atoms with Crippen molar-refractivity contribution in [3.05, 3.63) is 0 Å². The summed E-state index contributed by atoms with van der Waals surface area (Å²) in [6.45, 7) is 4.62. The zero-order valence-electron chi connectivity index (χ0n) is 14.6. The molecule has 1 N–H and O–H groups in total. The molecule has 2 bridgehead atoms. The van der Waals surface area contributed by atoms with Gasteiger partial charge in [0.1, 0.15) is 12.1 Å². The van der Waals surface area contributed by atoms with Crippen molar-refractivity contribution in [2.45, 2.75) is 71.6 Å². The maximum atomic E-state index is 12.7. The number of aliphatic hydroxyl groups is 1. The molecule has 0 radical (unpaired) electrons. The highest BCUT2D eigenvalue weighted by Gasteiger charge is 2.68. The van der Waals surface area contributed by atoms with Crippen molar-refractivity contribution in [1.82, 2.24) is 0 Å². The molecule has 4 rings (SSSR count). The molecular formula is C20H30O3. The molecule has 0 aromatic rings. The minimum absolute atomic E-state index is 0.0342. The molecule has 3 heteroatoms. The second kappa shape index (κ2) is 4.68. The molecule has 6 atom stereocenters. The van der Waals surface area contributed by atoms with Crippen LogP contribution in [-0.4, -0.2) is 23.8 Å². The van der Waals surface area contributed by atoms with Crippen molar-refractivity contribution in [2.24, 2.45) is 33.5 Å². The van der Waals surface area contributed by atoms with Crippen LogP contribution in [0.15, 0.2) is 0 Å². The second-order valence-electron chi connectivity index (χ2n) is 9.74. The predicted molar refractivity (Wildman–Crippen MR) is 87.8 cm³/mol.